The van der Waals surface area contributed by atoms with Crippen molar-refractivity contribution in [1.82, 2.24) is 15.2 Å². The molecule has 1 aromatic heterocycles. The lowest BCUT2D eigenvalue weighted by Crippen LogP contribution is -2.34. The average molecular weight is 239 g/mol. The molecule has 1 heterocycles. The monoisotopic (exact) mass is 239 g/mol. The predicted octanol–water partition coefficient (Wildman–Crippen LogP) is -4.33. The van der Waals surface area contributed by atoms with Crippen LogP contribution in [0.4, 0.5) is 5.95 Å². The van der Waals surface area contributed by atoms with Crippen molar-refractivity contribution < 1.29 is 14.7 Å². The van der Waals surface area contributed by atoms with Crippen molar-refractivity contribution in [3.8, 4) is 0 Å². The average Bonchev–Trinajstić information content (AvgIpc) is 2.34. The second-order valence-corrected chi connectivity index (χ2v) is 1.98. The molecule has 0 aromatic carbocycles. The molecule has 0 aliphatic rings. The number of tetrazole rings is 1. The minimum absolute atomic E-state index is 0.324. The molecule has 16 heavy (non-hydrogen) atoms. The number of hydrogen-bond acceptors (Lipinski definition) is 8. The van der Waals surface area contributed by atoms with Crippen LogP contribution in [0.1, 0.15) is 0 Å². The molecule has 0 saturated carbocycles. The quantitative estimate of drug-likeness (QED) is 0.147. The first kappa shape index (κ1) is 15.5. The standard InChI is InChI=1S/C2H6N6.2H2N2O2/c1-7-2(3)8(4)6-5-7;2*1-2(3)4/h3H,4H2,1H3;2*1H2/p+1. The van der Waals surface area contributed by atoms with Gasteiger partial charge in [0.2, 0.25) is 0 Å². The fourth-order valence-corrected chi connectivity index (χ4v) is 0.343. The lowest BCUT2D eigenvalue weighted by Gasteiger charge is -1.79. The van der Waals surface area contributed by atoms with E-state index in [1.54, 1.807) is 7.05 Å². The molecule has 0 spiro atoms. The lowest BCUT2D eigenvalue weighted by molar-refractivity contribution is -0.718. The smallest absolute Gasteiger partial charge is 0.305 e. The van der Waals surface area contributed by atoms with E-state index in [9.17, 15) is 0 Å². The second-order valence-electron chi connectivity index (χ2n) is 1.98. The minimum atomic E-state index is -1.00. The minimum Gasteiger partial charge on any atom is -0.305 e. The zero-order valence-electron chi connectivity index (χ0n) is 8.13. The summed E-state index contributed by atoms with van der Waals surface area (Å²) in [4.78, 5) is 18.2. The Morgan fingerprint density at radius 2 is 1.62 bits per heavy atom. The maximum Gasteiger partial charge on any atom is 0.385 e. The highest BCUT2D eigenvalue weighted by Gasteiger charge is 2.06. The summed E-state index contributed by atoms with van der Waals surface area (Å²) in [5.41, 5.74) is 5.28. The number of anilines is 1. The van der Waals surface area contributed by atoms with Crippen LogP contribution in [0.15, 0.2) is 0 Å². The van der Waals surface area contributed by atoms with Crippen molar-refractivity contribution in [3.05, 3.63) is 20.2 Å². The van der Waals surface area contributed by atoms with Crippen LogP contribution in [0, 0.1) is 20.2 Å². The molecule has 0 fully saturated rings. The van der Waals surface area contributed by atoms with Gasteiger partial charge in [-0.15, -0.1) is 4.68 Å². The van der Waals surface area contributed by atoms with E-state index in [1.165, 1.54) is 4.68 Å². The summed E-state index contributed by atoms with van der Waals surface area (Å²) in [6.07, 6.45) is 0. The van der Waals surface area contributed by atoms with Gasteiger partial charge < -0.3 is 5.73 Å². The number of rotatable bonds is 0. The number of nitrogens with two attached hydrogens (primary N) is 4. The van der Waals surface area contributed by atoms with Crippen LogP contribution >= 0.6 is 0 Å². The van der Waals surface area contributed by atoms with E-state index >= 15 is 0 Å². The molecule has 0 atom stereocenters. The van der Waals surface area contributed by atoms with Crippen molar-refractivity contribution >= 4 is 5.95 Å². The van der Waals surface area contributed by atoms with Crippen molar-refractivity contribution in [3.63, 3.8) is 0 Å². The Labute approximate surface area is 87.6 Å². The van der Waals surface area contributed by atoms with Crippen LogP contribution in [0.5, 0.6) is 0 Å². The third kappa shape index (κ3) is 11.1. The molecule has 0 aliphatic heterocycles. The Morgan fingerprint density at radius 1 is 1.31 bits per heavy atom. The summed E-state index contributed by atoms with van der Waals surface area (Å²) in [7, 11) is 1.66. The van der Waals surface area contributed by atoms with Gasteiger partial charge in [-0.3, -0.25) is 5.84 Å². The summed E-state index contributed by atoms with van der Waals surface area (Å²) in [6, 6.07) is 0. The molecule has 14 heteroatoms. The Bertz CT molecular complexity index is 305. The van der Waals surface area contributed by atoms with Gasteiger partial charge in [0, 0.05) is 4.79 Å². The SMILES string of the molecule is C[n+]1nnn(N)c1N.N[N+](=O)[O-].N[N+](=O)[O-]. The summed E-state index contributed by atoms with van der Waals surface area (Å²) in [6.45, 7) is 0. The Hall–Kier alpha value is -2.93. The largest absolute Gasteiger partial charge is 0.385 e. The van der Waals surface area contributed by atoms with E-state index in [1.807, 2.05) is 0 Å². The van der Waals surface area contributed by atoms with Crippen LogP contribution in [0.3, 0.4) is 0 Å². The molecule has 0 amide bonds. The van der Waals surface area contributed by atoms with Gasteiger partial charge in [-0.05, 0) is 0 Å². The van der Waals surface area contributed by atoms with Gasteiger partial charge in [0.25, 0.3) is 0 Å². The number of hydrazine groups is 2. The highest BCUT2D eigenvalue weighted by Crippen LogP contribution is 1.75. The number of aryl methyl sites for hydroxylation is 1. The molecule has 92 valence electrons. The molecule has 14 nitrogen and oxygen atoms in total. The molecular formula is C2H11N10O4+. The Kier molecular flexibility index (Phi) is 7.26. The predicted molar refractivity (Wildman–Crippen MR) is 48.1 cm³/mol. The summed E-state index contributed by atoms with van der Waals surface area (Å²) in [5, 5.41) is 22.1. The molecule has 0 bridgehead atoms. The summed E-state index contributed by atoms with van der Waals surface area (Å²) < 4.78 is 1.38. The maximum absolute atomic E-state index is 8.58. The molecule has 1 aromatic rings. The van der Waals surface area contributed by atoms with E-state index in [0.29, 0.717) is 5.95 Å². The van der Waals surface area contributed by atoms with Gasteiger partial charge in [0.05, 0.1) is 12.3 Å². The molecule has 0 unspecified atom stereocenters. The number of nitrogens with zero attached hydrogens (tertiary/aromatic N) is 6. The van der Waals surface area contributed by atoms with Crippen molar-refractivity contribution in [2.75, 3.05) is 11.6 Å². The van der Waals surface area contributed by atoms with Crippen LogP contribution in [-0.4, -0.2) is 25.3 Å². The number of nitrogen functional groups attached to an aromatic ring is 2. The third-order valence-electron chi connectivity index (χ3n) is 0.837. The zero-order chi connectivity index (χ0) is 13.3. The normalized spacial score (nSPS) is 7.81. The van der Waals surface area contributed by atoms with E-state index in [-0.39, 0.29) is 0 Å². The van der Waals surface area contributed by atoms with Gasteiger partial charge in [-0.25, -0.2) is 20.2 Å². The molecular weight excluding hydrogens is 228 g/mol. The number of nitro groups is 2. The van der Waals surface area contributed by atoms with Crippen LogP contribution in [0.2, 0.25) is 0 Å². The fourth-order valence-electron chi connectivity index (χ4n) is 0.343. The van der Waals surface area contributed by atoms with Crippen LogP contribution < -0.4 is 27.9 Å². The van der Waals surface area contributed by atoms with Gasteiger partial charge in [-0.2, -0.15) is 11.7 Å². The summed E-state index contributed by atoms with van der Waals surface area (Å²) in [5.74, 6) is 13.1. The van der Waals surface area contributed by atoms with Crippen molar-refractivity contribution in [1.29, 1.82) is 0 Å². The first-order valence-electron chi connectivity index (χ1n) is 3.29. The highest BCUT2D eigenvalue weighted by molar-refractivity contribution is 5.01. The second kappa shape index (κ2) is 7.47. The Balaban J connectivity index is 0. The molecule has 0 saturated heterocycles. The fraction of sp³-hybridized carbons (Fsp3) is 0.500. The highest BCUT2D eigenvalue weighted by atomic mass is 16.7. The summed E-state index contributed by atoms with van der Waals surface area (Å²) >= 11 is 0. The number of aromatic nitrogens is 4. The van der Waals surface area contributed by atoms with E-state index < -0.39 is 10.1 Å². The van der Waals surface area contributed by atoms with Crippen molar-refractivity contribution in [2.45, 2.75) is 0 Å². The first-order valence-corrected chi connectivity index (χ1v) is 3.29. The Morgan fingerprint density at radius 3 is 1.69 bits per heavy atom. The van der Waals surface area contributed by atoms with E-state index in [0.717, 1.165) is 4.79 Å². The van der Waals surface area contributed by atoms with Gasteiger partial charge in [0.15, 0.2) is 10.1 Å². The van der Waals surface area contributed by atoms with Crippen LogP contribution in [-0.2, 0) is 7.05 Å². The number of hydrogen-bond donors (Lipinski definition) is 4. The van der Waals surface area contributed by atoms with Crippen molar-refractivity contribution in [2.24, 2.45) is 18.7 Å². The topological polar surface area (TPSA) is 225 Å². The van der Waals surface area contributed by atoms with Gasteiger partial charge in [0.1, 0.15) is 5.21 Å². The van der Waals surface area contributed by atoms with E-state index in [2.05, 4.69) is 22.1 Å². The van der Waals surface area contributed by atoms with Crippen LogP contribution in [0.25, 0.3) is 0 Å². The molecule has 0 aliphatic carbocycles. The maximum atomic E-state index is 8.58. The molecule has 1 rings (SSSR count). The van der Waals surface area contributed by atoms with E-state index in [4.69, 9.17) is 31.8 Å². The third-order valence-corrected chi connectivity index (χ3v) is 0.837. The molecule has 8 N–H and O–H groups in total. The first-order chi connectivity index (χ1) is 7.18. The molecule has 0 radical (unpaired) electrons. The zero-order valence-corrected chi connectivity index (χ0v) is 8.13. The van der Waals surface area contributed by atoms with Gasteiger partial charge in [-0.1, -0.05) is 0 Å². The lowest BCUT2D eigenvalue weighted by atomic mass is 11.0. The van der Waals surface area contributed by atoms with Gasteiger partial charge >= 0.3 is 5.95 Å².